The first kappa shape index (κ1) is 23.5. The first-order valence-corrected chi connectivity index (χ1v) is 9.99. The predicted molar refractivity (Wildman–Crippen MR) is 96.7 cm³/mol. The number of hydrogen-bond donors (Lipinski definition) is 1. The summed E-state index contributed by atoms with van der Waals surface area (Å²) in [6, 6.07) is 5.00. The van der Waals surface area contributed by atoms with Gasteiger partial charge in [-0.3, -0.25) is 0 Å². The van der Waals surface area contributed by atoms with E-state index in [1.54, 1.807) is 0 Å². The third-order valence-electron chi connectivity index (χ3n) is 4.16. The topological polar surface area (TPSA) is 87.2 Å². The summed E-state index contributed by atoms with van der Waals surface area (Å²) in [5.74, 6) is -3.70. The van der Waals surface area contributed by atoms with Gasteiger partial charge in [-0.25, -0.2) is 35.8 Å². The molecule has 3 rings (SSSR count). The van der Waals surface area contributed by atoms with Crippen LogP contribution in [0.5, 0.6) is 5.75 Å². The van der Waals surface area contributed by atoms with Crippen molar-refractivity contribution in [1.82, 2.24) is 9.78 Å². The van der Waals surface area contributed by atoms with Crippen molar-refractivity contribution in [2.24, 2.45) is 5.14 Å². The first-order valence-electron chi connectivity index (χ1n) is 8.44. The second-order valence-electron chi connectivity index (χ2n) is 6.48. The van der Waals surface area contributed by atoms with Crippen LogP contribution in [0.25, 0.3) is 16.9 Å². The third-order valence-corrected chi connectivity index (χ3v) is 5.12. The summed E-state index contributed by atoms with van der Waals surface area (Å²) in [6.07, 6.45) is -8.06. The van der Waals surface area contributed by atoms with Crippen molar-refractivity contribution in [3.63, 3.8) is 0 Å². The van der Waals surface area contributed by atoms with Crippen molar-refractivity contribution in [3.05, 3.63) is 59.3 Å². The zero-order valence-electron chi connectivity index (χ0n) is 15.8. The van der Waals surface area contributed by atoms with Gasteiger partial charge in [0.05, 0.1) is 11.4 Å². The molecular formula is C18H12F7N3O3S. The molecule has 0 amide bonds. The molecule has 0 aliphatic carbocycles. The van der Waals surface area contributed by atoms with Gasteiger partial charge in [0.25, 0.3) is 6.43 Å². The number of primary sulfonamides is 1. The van der Waals surface area contributed by atoms with E-state index in [4.69, 9.17) is 5.14 Å². The molecule has 32 heavy (non-hydrogen) atoms. The van der Waals surface area contributed by atoms with Gasteiger partial charge in [-0.1, -0.05) is 0 Å². The maximum absolute atomic E-state index is 14.3. The van der Waals surface area contributed by atoms with Crippen molar-refractivity contribution in [2.45, 2.75) is 24.6 Å². The van der Waals surface area contributed by atoms with Crippen LogP contribution in [0, 0.1) is 18.6 Å². The first-order chi connectivity index (χ1) is 14.7. The Labute approximate surface area is 176 Å². The quantitative estimate of drug-likeness (QED) is 0.537. The minimum Gasteiger partial charge on any atom is -0.406 e. The third kappa shape index (κ3) is 4.85. The lowest BCUT2D eigenvalue weighted by molar-refractivity contribution is -0.274. The molecular weight excluding hydrogens is 471 g/mol. The Kier molecular flexibility index (Phi) is 5.95. The van der Waals surface area contributed by atoms with Crippen molar-refractivity contribution in [3.8, 4) is 22.7 Å². The van der Waals surface area contributed by atoms with Crippen LogP contribution >= 0.6 is 0 Å². The molecule has 2 aromatic carbocycles. The average molecular weight is 483 g/mol. The normalized spacial score (nSPS) is 12.4. The molecule has 3 aromatic rings. The van der Waals surface area contributed by atoms with Gasteiger partial charge >= 0.3 is 6.36 Å². The van der Waals surface area contributed by atoms with E-state index >= 15 is 0 Å². The molecule has 0 fully saturated rings. The fraction of sp³-hybridized carbons (Fsp3) is 0.167. The van der Waals surface area contributed by atoms with E-state index in [1.807, 2.05) is 0 Å². The lowest BCUT2D eigenvalue weighted by Crippen LogP contribution is -2.17. The van der Waals surface area contributed by atoms with Gasteiger partial charge in [-0.2, -0.15) is 5.10 Å². The molecule has 2 N–H and O–H groups in total. The Morgan fingerprint density at radius 2 is 1.66 bits per heavy atom. The van der Waals surface area contributed by atoms with E-state index in [0.717, 1.165) is 28.9 Å². The van der Waals surface area contributed by atoms with Gasteiger partial charge in [-0.05, 0) is 48.9 Å². The molecule has 1 aromatic heterocycles. The molecule has 0 radical (unpaired) electrons. The number of nitrogens with zero attached hydrogens (tertiary/aromatic N) is 2. The Balaban J connectivity index is 2.18. The highest BCUT2D eigenvalue weighted by Gasteiger charge is 2.32. The van der Waals surface area contributed by atoms with Crippen LogP contribution in [0.15, 0.2) is 41.3 Å². The molecule has 6 nitrogen and oxygen atoms in total. The molecule has 0 saturated heterocycles. The largest absolute Gasteiger partial charge is 0.573 e. The minimum atomic E-state index is -4.97. The van der Waals surface area contributed by atoms with Crippen molar-refractivity contribution in [2.75, 3.05) is 0 Å². The number of nitrogens with two attached hydrogens (primary N) is 1. The second-order valence-corrected chi connectivity index (χ2v) is 7.98. The van der Waals surface area contributed by atoms with Crippen LogP contribution in [-0.2, 0) is 10.0 Å². The Morgan fingerprint density at radius 1 is 1.06 bits per heavy atom. The van der Waals surface area contributed by atoms with Gasteiger partial charge in [0.2, 0.25) is 10.0 Å². The highest BCUT2D eigenvalue weighted by atomic mass is 32.2. The maximum atomic E-state index is 14.3. The summed E-state index contributed by atoms with van der Waals surface area (Å²) in [6.45, 7) is 1.25. The van der Waals surface area contributed by atoms with E-state index in [0.29, 0.717) is 12.1 Å². The second kappa shape index (κ2) is 8.09. The van der Waals surface area contributed by atoms with Gasteiger partial charge in [0.1, 0.15) is 23.1 Å². The maximum Gasteiger partial charge on any atom is 0.573 e. The molecule has 0 atom stereocenters. The monoisotopic (exact) mass is 483 g/mol. The van der Waals surface area contributed by atoms with Crippen LogP contribution in [0.1, 0.15) is 17.7 Å². The summed E-state index contributed by atoms with van der Waals surface area (Å²) in [5, 5.41) is 8.42. The number of aromatic nitrogens is 2. The summed E-state index contributed by atoms with van der Waals surface area (Å²) in [5.41, 5.74) is -1.54. The van der Waals surface area contributed by atoms with Crippen LogP contribution in [0.4, 0.5) is 30.7 Å². The Bertz CT molecular complexity index is 1260. The lowest BCUT2D eigenvalue weighted by Gasteiger charge is -2.14. The summed E-state index contributed by atoms with van der Waals surface area (Å²) < 4.78 is 120. The molecule has 0 bridgehead atoms. The number of halogens is 7. The minimum absolute atomic E-state index is 0.0322. The number of benzene rings is 2. The molecule has 172 valence electrons. The molecule has 0 aliphatic heterocycles. The highest BCUT2D eigenvalue weighted by molar-refractivity contribution is 7.89. The predicted octanol–water partition coefficient (Wildman–Crippen LogP) is 4.61. The number of ether oxygens (including phenoxy) is 1. The molecule has 0 spiro atoms. The van der Waals surface area contributed by atoms with Crippen LogP contribution < -0.4 is 9.88 Å². The van der Waals surface area contributed by atoms with E-state index in [1.165, 1.54) is 6.92 Å². The highest BCUT2D eigenvalue weighted by Crippen LogP contribution is 2.33. The number of sulfonamides is 1. The zero-order valence-corrected chi connectivity index (χ0v) is 16.6. The van der Waals surface area contributed by atoms with E-state index < -0.39 is 50.8 Å². The number of rotatable bonds is 5. The molecule has 0 saturated carbocycles. The SMILES string of the molecule is Cc1cc(-n2nc(C(F)F)cc2-c2cc(F)c(S(N)(=O)=O)c(F)c2)ccc1OC(F)(F)F. The summed E-state index contributed by atoms with van der Waals surface area (Å²) >= 11 is 0. The molecule has 14 heteroatoms. The molecule has 0 aliphatic rings. The van der Waals surface area contributed by atoms with Gasteiger partial charge in [-0.15, -0.1) is 13.2 Å². The number of hydrogen-bond acceptors (Lipinski definition) is 4. The number of alkyl halides is 5. The Morgan fingerprint density at radius 3 is 2.12 bits per heavy atom. The van der Waals surface area contributed by atoms with Gasteiger partial charge < -0.3 is 4.74 Å². The van der Waals surface area contributed by atoms with Crippen LogP contribution in [-0.4, -0.2) is 24.6 Å². The zero-order chi connectivity index (χ0) is 24.0. The van der Waals surface area contributed by atoms with Crippen molar-refractivity contribution < 1.29 is 43.9 Å². The summed E-state index contributed by atoms with van der Waals surface area (Å²) in [4.78, 5) is -1.41. The smallest absolute Gasteiger partial charge is 0.406 e. The molecule has 0 unspecified atom stereocenters. The fourth-order valence-corrected chi connectivity index (χ4v) is 3.55. The lowest BCUT2D eigenvalue weighted by atomic mass is 10.1. The van der Waals surface area contributed by atoms with Gasteiger partial charge in [0, 0.05) is 5.56 Å². The van der Waals surface area contributed by atoms with E-state index in [2.05, 4.69) is 9.84 Å². The van der Waals surface area contributed by atoms with Crippen molar-refractivity contribution >= 4 is 10.0 Å². The standard InChI is InChI=1S/C18H12F7N3O3S/c1-8-4-10(2-3-15(8)31-18(23,24)25)28-14(7-13(27-28)17(21)22)9-5-11(19)16(12(20)6-9)32(26,29)30/h2-7,17H,1H3,(H2,26,29,30). The Hall–Kier alpha value is -3.13. The average Bonchev–Trinajstić information content (AvgIpc) is 3.06. The molecule has 1 heterocycles. The fourth-order valence-electron chi connectivity index (χ4n) is 2.89. The van der Waals surface area contributed by atoms with E-state index in [9.17, 15) is 39.2 Å². The van der Waals surface area contributed by atoms with Gasteiger partial charge in [0.15, 0.2) is 4.90 Å². The van der Waals surface area contributed by atoms with Crippen molar-refractivity contribution in [1.29, 1.82) is 0 Å². The van der Waals surface area contributed by atoms with E-state index in [-0.39, 0.29) is 22.5 Å². The van der Waals surface area contributed by atoms with Crippen LogP contribution in [0.2, 0.25) is 0 Å². The summed E-state index contributed by atoms with van der Waals surface area (Å²) in [7, 11) is -4.76. The number of aryl methyl sites for hydroxylation is 1. The van der Waals surface area contributed by atoms with Crippen LogP contribution in [0.3, 0.4) is 0 Å².